The Kier molecular flexibility index (Phi) is 6.14. The van der Waals surface area contributed by atoms with Crippen LogP contribution in [0.5, 0.6) is 5.75 Å². The van der Waals surface area contributed by atoms with Crippen molar-refractivity contribution in [2.24, 2.45) is 4.99 Å². The van der Waals surface area contributed by atoms with Gasteiger partial charge in [0.2, 0.25) is 0 Å². The van der Waals surface area contributed by atoms with Crippen molar-refractivity contribution in [3.8, 4) is 5.75 Å². The van der Waals surface area contributed by atoms with E-state index in [9.17, 15) is 9.59 Å². The van der Waals surface area contributed by atoms with Gasteiger partial charge in [-0.2, -0.15) is 0 Å². The van der Waals surface area contributed by atoms with Crippen molar-refractivity contribution in [2.45, 2.75) is 6.61 Å². The number of thioether (sulfide) groups is 1. The molecule has 1 fully saturated rings. The van der Waals surface area contributed by atoms with Gasteiger partial charge in [0.1, 0.15) is 12.4 Å². The van der Waals surface area contributed by atoms with E-state index >= 15 is 0 Å². The first kappa shape index (κ1) is 20.4. The van der Waals surface area contributed by atoms with E-state index in [0.29, 0.717) is 28.1 Å². The van der Waals surface area contributed by atoms with Crippen LogP contribution in [0.15, 0.2) is 88.8 Å². The molecule has 1 heterocycles. The van der Waals surface area contributed by atoms with Crippen LogP contribution in [0.3, 0.4) is 0 Å². The molecule has 3 aromatic carbocycles. The minimum atomic E-state index is -0.999. The number of hydrogen-bond acceptors (Lipinski definition) is 5. The van der Waals surface area contributed by atoms with Crippen LogP contribution in [0, 0.1) is 0 Å². The van der Waals surface area contributed by atoms with Crippen LogP contribution in [0.4, 0.5) is 5.69 Å². The van der Waals surface area contributed by atoms with Crippen LogP contribution >= 0.6 is 11.8 Å². The number of amidine groups is 1. The summed E-state index contributed by atoms with van der Waals surface area (Å²) in [5.74, 6) is -0.563. The number of carbonyl (C=O) groups excluding carboxylic acids is 1. The lowest BCUT2D eigenvalue weighted by molar-refractivity contribution is -0.115. The zero-order valence-corrected chi connectivity index (χ0v) is 17.1. The van der Waals surface area contributed by atoms with Crippen molar-refractivity contribution in [3.05, 3.63) is 100 Å². The molecule has 31 heavy (non-hydrogen) atoms. The summed E-state index contributed by atoms with van der Waals surface area (Å²) < 4.78 is 5.96. The molecule has 6 nitrogen and oxygen atoms in total. The molecule has 0 atom stereocenters. The molecule has 1 aliphatic rings. The maximum Gasteiger partial charge on any atom is 0.335 e. The predicted molar refractivity (Wildman–Crippen MR) is 121 cm³/mol. The predicted octanol–water partition coefficient (Wildman–Crippen LogP) is 4.86. The van der Waals surface area contributed by atoms with E-state index in [1.54, 1.807) is 18.2 Å². The van der Waals surface area contributed by atoms with Gasteiger partial charge in [-0.1, -0.05) is 48.5 Å². The molecule has 0 radical (unpaired) electrons. The Bertz CT molecular complexity index is 1170. The zero-order valence-electron chi connectivity index (χ0n) is 16.3. The highest BCUT2D eigenvalue weighted by Gasteiger charge is 2.24. The Labute approximate surface area is 183 Å². The van der Waals surface area contributed by atoms with Crippen LogP contribution in [0.2, 0.25) is 0 Å². The number of ether oxygens (including phenoxy) is 1. The monoisotopic (exact) mass is 430 g/mol. The van der Waals surface area contributed by atoms with Gasteiger partial charge in [-0.15, -0.1) is 0 Å². The van der Waals surface area contributed by atoms with Gasteiger partial charge in [0.05, 0.1) is 16.2 Å². The van der Waals surface area contributed by atoms with Crippen LogP contribution < -0.4 is 10.1 Å². The quantitative estimate of drug-likeness (QED) is 0.546. The molecule has 154 valence electrons. The first-order valence-electron chi connectivity index (χ1n) is 9.47. The number of amides is 1. The number of aromatic carboxylic acids is 1. The van der Waals surface area contributed by atoms with Gasteiger partial charge in [0, 0.05) is 5.56 Å². The molecular formula is C24H18N2O4S. The second-order valence-electron chi connectivity index (χ2n) is 6.65. The molecule has 0 spiro atoms. The summed E-state index contributed by atoms with van der Waals surface area (Å²) in [6.07, 6.45) is 1.77. The lowest BCUT2D eigenvalue weighted by atomic mass is 10.2. The third kappa shape index (κ3) is 5.21. The number of para-hydroxylation sites is 1. The van der Waals surface area contributed by atoms with E-state index in [-0.39, 0.29) is 11.5 Å². The molecule has 1 saturated heterocycles. The van der Waals surface area contributed by atoms with E-state index < -0.39 is 5.97 Å². The summed E-state index contributed by atoms with van der Waals surface area (Å²) in [5, 5.41) is 12.1. The Morgan fingerprint density at radius 3 is 2.45 bits per heavy atom. The number of carboxylic acid groups (broad SMARTS) is 1. The topological polar surface area (TPSA) is 88.0 Å². The number of hydrogen-bond donors (Lipinski definition) is 2. The fraction of sp³-hybridized carbons (Fsp3) is 0.0417. The van der Waals surface area contributed by atoms with Crippen molar-refractivity contribution >= 4 is 40.6 Å². The fourth-order valence-electron chi connectivity index (χ4n) is 2.88. The van der Waals surface area contributed by atoms with Crippen LogP contribution in [-0.4, -0.2) is 22.2 Å². The Morgan fingerprint density at radius 1 is 1.00 bits per heavy atom. The van der Waals surface area contributed by atoms with E-state index in [1.807, 2.05) is 54.6 Å². The highest BCUT2D eigenvalue weighted by molar-refractivity contribution is 8.18. The number of nitrogens with one attached hydrogen (secondary N) is 1. The summed E-state index contributed by atoms with van der Waals surface area (Å²) in [5.41, 5.74) is 2.59. The molecule has 2 N–H and O–H groups in total. The van der Waals surface area contributed by atoms with Crippen LogP contribution in [0.25, 0.3) is 6.08 Å². The maximum atomic E-state index is 12.4. The number of rotatable bonds is 6. The van der Waals surface area contributed by atoms with E-state index in [0.717, 1.165) is 11.1 Å². The van der Waals surface area contributed by atoms with Crippen molar-refractivity contribution in [1.82, 2.24) is 5.32 Å². The molecule has 1 amide bonds. The minimum Gasteiger partial charge on any atom is -0.488 e. The number of aliphatic imine (C=N–C) groups is 1. The molecule has 3 aromatic rings. The second kappa shape index (κ2) is 9.32. The van der Waals surface area contributed by atoms with Gasteiger partial charge in [0.15, 0.2) is 5.17 Å². The van der Waals surface area contributed by atoms with Gasteiger partial charge in [0.25, 0.3) is 5.91 Å². The third-order valence-corrected chi connectivity index (χ3v) is 5.35. The van der Waals surface area contributed by atoms with Crippen molar-refractivity contribution < 1.29 is 19.4 Å². The highest BCUT2D eigenvalue weighted by atomic mass is 32.2. The smallest absolute Gasteiger partial charge is 0.335 e. The average Bonchev–Trinajstić information content (AvgIpc) is 3.12. The summed E-state index contributed by atoms with van der Waals surface area (Å²) in [6, 6.07) is 23.5. The number of nitrogens with zero attached hydrogens (tertiary/aromatic N) is 1. The van der Waals surface area contributed by atoms with Crippen LogP contribution in [-0.2, 0) is 11.4 Å². The lowest BCUT2D eigenvalue weighted by Crippen LogP contribution is -2.19. The number of carbonyl (C=O) groups is 2. The zero-order chi connectivity index (χ0) is 21.6. The maximum absolute atomic E-state index is 12.4. The summed E-state index contributed by atoms with van der Waals surface area (Å²) in [6.45, 7) is 0.430. The number of carboxylic acids is 1. The normalized spacial score (nSPS) is 15.8. The molecule has 0 saturated carbocycles. The Balaban J connectivity index is 1.50. The Hall–Kier alpha value is -3.84. The molecule has 0 bridgehead atoms. The van der Waals surface area contributed by atoms with Gasteiger partial charge >= 0.3 is 5.97 Å². The van der Waals surface area contributed by atoms with Crippen molar-refractivity contribution in [1.29, 1.82) is 0 Å². The summed E-state index contributed by atoms with van der Waals surface area (Å²) in [4.78, 5) is 28.2. The SMILES string of the molecule is O=C1NC(=Nc2ccc(C(=O)O)cc2)S/C1=C\c1ccccc1OCc1ccccc1. The fourth-order valence-corrected chi connectivity index (χ4v) is 3.72. The van der Waals surface area contributed by atoms with Gasteiger partial charge in [-0.05, 0) is 53.7 Å². The summed E-state index contributed by atoms with van der Waals surface area (Å²) in [7, 11) is 0. The highest BCUT2D eigenvalue weighted by Crippen LogP contribution is 2.31. The molecule has 0 aromatic heterocycles. The molecule has 7 heteroatoms. The molecule has 4 rings (SSSR count). The van der Waals surface area contributed by atoms with Crippen molar-refractivity contribution in [2.75, 3.05) is 0 Å². The molecule has 0 unspecified atom stereocenters. The molecular weight excluding hydrogens is 412 g/mol. The van der Waals surface area contributed by atoms with Crippen molar-refractivity contribution in [3.63, 3.8) is 0 Å². The van der Waals surface area contributed by atoms with Gasteiger partial charge in [-0.25, -0.2) is 9.79 Å². The number of benzene rings is 3. The minimum absolute atomic E-state index is 0.180. The van der Waals surface area contributed by atoms with Gasteiger partial charge < -0.3 is 15.2 Å². The van der Waals surface area contributed by atoms with E-state index in [1.165, 1.54) is 23.9 Å². The standard InChI is InChI=1S/C24H18N2O4S/c27-22-21(31-24(26-22)25-19-12-10-17(11-13-19)23(28)29)14-18-8-4-5-9-20(18)30-15-16-6-2-1-3-7-16/h1-14H,15H2,(H,28,29)(H,25,26,27)/b21-14-. The Morgan fingerprint density at radius 2 is 1.71 bits per heavy atom. The molecule has 1 aliphatic heterocycles. The third-order valence-electron chi connectivity index (χ3n) is 4.44. The largest absolute Gasteiger partial charge is 0.488 e. The lowest BCUT2D eigenvalue weighted by Gasteiger charge is -2.09. The summed E-state index contributed by atoms with van der Waals surface area (Å²) >= 11 is 1.22. The molecule has 0 aliphatic carbocycles. The average molecular weight is 430 g/mol. The van der Waals surface area contributed by atoms with Crippen LogP contribution in [0.1, 0.15) is 21.5 Å². The first-order chi connectivity index (χ1) is 15.1. The van der Waals surface area contributed by atoms with Gasteiger partial charge in [-0.3, -0.25) is 4.79 Å². The van der Waals surface area contributed by atoms with E-state index in [4.69, 9.17) is 9.84 Å². The van der Waals surface area contributed by atoms with E-state index in [2.05, 4.69) is 10.3 Å². The second-order valence-corrected chi connectivity index (χ2v) is 7.68. The first-order valence-corrected chi connectivity index (χ1v) is 10.3.